The first-order valence-electron chi connectivity index (χ1n) is 6.13. The minimum atomic E-state index is 0.700. The summed E-state index contributed by atoms with van der Waals surface area (Å²) in [5.74, 6) is 0.849. The molecule has 94 valence electrons. The monoisotopic (exact) mass is 242 g/mol. The van der Waals surface area contributed by atoms with Gasteiger partial charge in [-0.2, -0.15) is 0 Å². The van der Waals surface area contributed by atoms with Gasteiger partial charge in [0.1, 0.15) is 5.75 Å². The van der Waals surface area contributed by atoms with E-state index in [1.54, 1.807) is 0 Å². The van der Waals surface area contributed by atoms with Crippen molar-refractivity contribution in [2.45, 2.75) is 19.8 Å². The second kappa shape index (κ2) is 6.05. The van der Waals surface area contributed by atoms with E-state index in [2.05, 4.69) is 4.98 Å². The van der Waals surface area contributed by atoms with Crippen LogP contribution in [0.25, 0.3) is 0 Å². The molecule has 0 amide bonds. The number of nitrogens with two attached hydrogens (primary N) is 1. The predicted molar refractivity (Wildman–Crippen MR) is 73.6 cm³/mol. The van der Waals surface area contributed by atoms with E-state index in [4.69, 9.17) is 10.5 Å². The van der Waals surface area contributed by atoms with Crippen molar-refractivity contribution in [1.29, 1.82) is 0 Å². The van der Waals surface area contributed by atoms with Crippen molar-refractivity contribution in [1.82, 2.24) is 4.98 Å². The molecule has 0 aliphatic carbocycles. The van der Waals surface area contributed by atoms with Gasteiger partial charge < -0.3 is 10.5 Å². The average molecular weight is 242 g/mol. The molecule has 0 spiro atoms. The number of aromatic nitrogens is 1. The van der Waals surface area contributed by atoms with Gasteiger partial charge in [-0.25, -0.2) is 0 Å². The minimum Gasteiger partial charge on any atom is -0.493 e. The smallest absolute Gasteiger partial charge is 0.121 e. The predicted octanol–water partition coefficient (Wildman–Crippen LogP) is 2.98. The highest BCUT2D eigenvalue weighted by Gasteiger charge is 1.98. The van der Waals surface area contributed by atoms with Crippen LogP contribution in [-0.2, 0) is 6.42 Å². The van der Waals surface area contributed by atoms with Crippen molar-refractivity contribution >= 4 is 5.69 Å². The van der Waals surface area contributed by atoms with Crippen molar-refractivity contribution < 1.29 is 4.74 Å². The maximum absolute atomic E-state index is 5.77. The molecule has 2 rings (SSSR count). The van der Waals surface area contributed by atoms with Crippen LogP contribution in [0.1, 0.15) is 17.5 Å². The molecule has 0 unspecified atom stereocenters. The quantitative estimate of drug-likeness (QED) is 0.647. The minimum absolute atomic E-state index is 0.700. The van der Waals surface area contributed by atoms with E-state index < -0.39 is 0 Å². The zero-order valence-electron chi connectivity index (χ0n) is 10.6. The largest absolute Gasteiger partial charge is 0.493 e. The van der Waals surface area contributed by atoms with Gasteiger partial charge in [-0.1, -0.05) is 0 Å². The maximum atomic E-state index is 5.77. The van der Waals surface area contributed by atoms with E-state index in [1.807, 2.05) is 49.6 Å². The van der Waals surface area contributed by atoms with Gasteiger partial charge in [0.25, 0.3) is 0 Å². The average Bonchev–Trinajstić information content (AvgIpc) is 2.35. The van der Waals surface area contributed by atoms with E-state index in [0.29, 0.717) is 6.61 Å². The summed E-state index contributed by atoms with van der Waals surface area (Å²) < 4.78 is 5.69. The van der Waals surface area contributed by atoms with Crippen LogP contribution < -0.4 is 10.5 Å². The summed E-state index contributed by atoms with van der Waals surface area (Å²) in [6, 6.07) is 9.86. The summed E-state index contributed by atoms with van der Waals surface area (Å²) in [6.45, 7) is 2.71. The number of hydrogen-bond donors (Lipinski definition) is 1. The van der Waals surface area contributed by atoms with Crippen molar-refractivity contribution in [3.63, 3.8) is 0 Å². The Hall–Kier alpha value is -2.03. The molecule has 1 aromatic carbocycles. The van der Waals surface area contributed by atoms with Crippen LogP contribution in [0, 0.1) is 6.92 Å². The van der Waals surface area contributed by atoms with Crippen LogP contribution >= 0.6 is 0 Å². The molecule has 3 heteroatoms. The molecule has 18 heavy (non-hydrogen) atoms. The number of ether oxygens (including phenoxy) is 1. The Morgan fingerprint density at radius 2 is 1.94 bits per heavy atom. The van der Waals surface area contributed by atoms with E-state index >= 15 is 0 Å². The highest BCUT2D eigenvalue weighted by atomic mass is 16.5. The van der Waals surface area contributed by atoms with Crippen LogP contribution in [0.5, 0.6) is 5.75 Å². The van der Waals surface area contributed by atoms with E-state index in [1.165, 1.54) is 5.56 Å². The molecule has 0 bridgehead atoms. The lowest BCUT2D eigenvalue weighted by molar-refractivity contribution is 0.311. The topological polar surface area (TPSA) is 48.1 Å². The fraction of sp³-hybridized carbons (Fsp3) is 0.267. The molecule has 0 saturated carbocycles. The van der Waals surface area contributed by atoms with Crippen molar-refractivity contribution in [3.8, 4) is 5.75 Å². The maximum Gasteiger partial charge on any atom is 0.121 e. The molecule has 0 saturated heterocycles. The molecule has 2 aromatic rings. The lowest BCUT2D eigenvalue weighted by Gasteiger charge is -2.08. The van der Waals surface area contributed by atoms with Crippen LogP contribution in [0.15, 0.2) is 42.7 Å². The fourth-order valence-electron chi connectivity index (χ4n) is 1.88. The van der Waals surface area contributed by atoms with Crippen molar-refractivity contribution in [3.05, 3.63) is 53.9 Å². The summed E-state index contributed by atoms with van der Waals surface area (Å²) in [5, 5.41) is 0. The Bertz CT molecular complexity index is 477. The van der Waals surface area contributed by atoms with E-state index in [0.717, 1.165) is 29.8 Å². The highest BCUT2D eigenvalue weighted by Crippen LogP contribution is 2.18. The third-order valence-corrected chi connectivity index (χ3v) is 2.70. The van der Waals surface area contributed by atoms with Gasteiger partial charge in [0, 0.05) is 24.1 Å². The summed E-state index contributed by atoms with van der Waals surface area (Å²) >= 11 is 0. The first kappa shape index (κ1) is 12.4. The number of benzene rings is 1. The number of nitrogen functional groups attached to an aromatic ring is 1. The number of aryl methyl sites for hydroxylation is 2. The second-order valence-corrected chi connectivity index (χ2v) is 4.39. The van der Waals surface area contributed by atoms with Crippen LogP contribution in [0.2, 0.25) is 0 Å². The molecular weight excluding hydrogens is 224 g/mol. The normalized spacial score (nSPS) is 10.3. The fourth-order valence-corrected chi connectivity index (χ4v) is 1.88. The molecule has 2 N–H and O–H groups in total. The standard InChI is InChI=1S/C15H18N2O/c1-12-9-14(16)11-15(10-12)18-8-2-3-13-4-6-17-7-5-13/h4-7,9-11H,2-3,8,16H2,1H3. The summed E-state index contributed by atoms with van der Waals surface area (Å²) in [6.07, 6.45) is 5.62. The zero-order valence-corrected chi connectivity index (χ0v) is 10.6. The molecule has 3 nitrogen and oxygen atoms in total. The van der Waals surface area contributed by atoms with Gasteiger partial charge in [0.2, 0.25) is 0 Å². The first-order chi connectivity index (χ1) is 8.74. The molecule has 0 aliphatic heterocycles. The van der Waals surface area contributed by atoms with Gasteiger partial charge in [-0.3, -0.25) is 4.98 Å². The van der Waals surface area contributed by atoms with Crippen LogP contribution in [-0.4, -0.2) is 11.6 Å². The Kier molecular flexibility index (Phi) is 4.18. The highest BCUT2D eigenvalue weighted by molar-refractivity contribution is 5.47. The van der Waals surface area contributed by atoms with Crippen LogP contribution in [0.3, 0.4) is 0 Å². The second-order valence-electron chi connectivity index (χ2n) is 4.39. The van der Waals surface area contributed by atoms with Gasteiger partial charge in [-0.05, 0) is 55.2 Å². The van der Waals surface area contributed by atoms with Gasteiger partial charge in [-0.15, -0.1) is 0 Å². The van der Waals surface area contributed by atoms with Crippen LogP contribution in [0.4, 0.5) is 5.69 Å². The molecule has 0 fully saturated rings. The first-order valence-corrected chi connectivity index (χ1v) is 6.13. The third-order valence-electron chi connectivity index (χ3n) is 2.70. The van der Waals surface area contributed by atoms with E-state index in [9.17, 15) is 0 Å². The number of rotatable bonds is 5. The number of anilines is 1. The number of hydrogen-bond acceptors (Lipinski definition) is 3. The van der Waals surface area contributed by atoms with Crippen molar-refractivity contribution in [2.75, 3.05) is 12.3 Å². The van der Waals surface area contributed by atoms with Gasteiger partial charge in [0.05, 0.1) is 6.61 Å². The Balaban J connectivity index is 1.78. The lowest BCUT2D eigenvalue weighted by atomic mass is 10.1. The number of nitrogens with zero attached hydrogens (tertiary/aromatic N) is 1. The summed E-state index contributed by atoms with van der Waals surface area (Å²) in [4.78, 5) is 4.00. The Morgan fingerprint density at radius 1 is 1.17 bits per heavy atom. The Morgan fingerprint density at radius 3 is 2.67 bits per heavy atom. The molecular formula is C15H18N2O. The van der Waals surface area contributed by atoms with E-state index in [-0.39, 0.29) is 0 Å². The third kappa shape index (κ3) is 3.77. The molecule has 1 heterocycles. The van der Waals surface area contributed by atoms with Gasteiger partial charge >= 0.3 is 0 Å². The lowest BCUT2D eigenvalue weighted by Crippen LogP contribution is -2.00. The zero-order chi connectivity index (χ0) is 12.8. The molecule has 0 atom stereocenters. The summed E-state index contributed by atoms with van der Waals surface area (Å²) in [7, 11) is 0. The summed E-state index contributed by atoms with van der Waals surface area (Å²) in [5.41, 5.74) is 8.93. The van der Waals surface area contributed by atoms with Gasteiger partial charge in [0.15, 0.2) is 0 Å². The number of pyridine rings is 1. The molecule has 0 aliphatic rings. The van der Waals surface area contributed by atoms with Crippen molar-refractivity contribution in [2.24, 2.45) is 0 Å². The molecule has 0 radical (unpaired) electrons. The molecule has 1 aromatic heterocycles. The Labute approximate surface area is 108 Å². The SMILES string of the molecule is Cc1cc(N)cc(OCCCc2ccncc2)c1.